The van der Waals surface area contributed by atoms with Gasteiger partial charge < -0.3 is 15.4 Å². The molecule has 122 valence electrons. The second-order valence-corrected chi connectivity index (χ2v) is 6.24. The van der Waals surface area contributed by atoms with Gasteiger partial charge in [-0.25, -0.2) is 4.39 Å². The van der Waals surface area contributed by atoms with Gasteiger partial charge in [0, 0.05) is 13.0 Å². The Morgan fingerprint density at radius 1 is 1.32 bits per heavy atom. The Morgan fingerprint density at radius 2 is 2.00 bits per heavy atom. The van der Waals surface area contributed by atoms with Gasteiger partial charge in [-0.2, -0.15) is 0 Å². The van der Waals surface area contributed by atoms with Gasteiger partial charge in [-0.15, -0.1) is 0 Å². The van der Waals surface area contributed by atoms with E-state index >= 15 is 0 Å². The van der Waals surface area contributed by atoms with Gasteiger partial charge in [0.05, 0.1) is 6.61 Å². The van der Waals surface area contributed by atoms with Crippen molar-refractivity contribution in [1.29, 1.82) is 0 Å². The van der Waals surface area contributed by atoms with Crippen molar-refractivity contribution in [1.82, 2.24) is 10.6 Å². The molecule has 0 atom stereocenters. The van der Waals surface area contributed by atoms with E-state index in [1.54, 1.807) is 12.1 Å². The first kappa shape index (κ1) is 16.7. The maximum atomic E-state index is 12.7. The molecule has 1 aliphatic heterocycles. The van der Waals surface area contributed by atoms with E-state index in [1.807, 2.05) is 0 Å². The highest BCUT2D eigenvalue weighted by molar-refractivity contribution is 5.75. The van der Waals surface area contributed by atoms with E-state index in [-0.39, 0.29) is 17.1 Å². The number of benzene rings is 1. The molecule has 0 spiro atoms. The van der Waals surface area contributed by atoms with Crippen molar-refractivity contribution >= 4 is 5.91 Å². The third-order valence-corrected chi connectivity index (χ3v) is 4.15. The number of hydrogen-bond acceptors (Lipinski definition) is 3. The normalized spacial score (nSPS) is 17.0. The molecule has 1 aromatic carbocycles. The quantitative estimate of drug-likeness (QED) is 0.761. The number of piperidine rings is 1. The van der Waals surface area contributed by atoms with Gasteiger partial charge in [-0.1, -0.05) is 6.92 Å². The first-order valence-electron chi connectivity index (χ1n) is 7.93. The molecule has 1 heterocycles. The van der Waals surface area contributed by atoms with Crippen LogP contribution in [-0.4, -0.2) is 32.1 Å². The fourth-order valence-corrected chi connectivity index (χ4v) is 2.56. The predicted molar refractivity (Wildman–Crippen MR) is 84.3 cm³/mol. The summed E-state index contributed by atoms with van der Waals surface area (Å²) in [6.07, 6.45) is 3.30. The molecule has 0 bridgehead atoms. The van der Waals surface area contributed by atoms with Gasteiger partial charge in [0.1, 0.15) is 11.6 Å². The standard InChI is InChI=1S/C17H25FN2O2/c1-17(8-10-19-11-9-17)13-20-16(21)3-2-12-22-15-6-4-14(18)5-7-15/h4-7,19H,2-3,8-13H2,1H3,(H,20,21). The molecular formula is C17H25FN2O2. The number of carbonyl (C=O) groups is 1. The molecule has 1 fully saturated rings. The van der Waals surface area contributed by atoms with Crippen molar-refractivity contribution in [3.63, 3.8) is 0 Å². The van der Waals surface area contributed by atoms with Crippen molar-refractivity contribution in [2.24, 2.45) is 5.41 Å². The zero-order valence-electron chi connectivity index (χ0n) is 13.2. The Labute approximate surface area is 131 Å². The van der Waals surface area contributed by atoms with E-state index in [4.69, 9.17) is 4.74 Å². The highest BCUT2D eigenvalue weighted by atomic mass is 19.1. The minimum atomic E-state index is -0.280. The molecule has 0 aromatic heterocycles. The molecule has 0 unspecified atom stereocenters. The smallest absolute Gasteiger partial charge is 0.220 e. The van der Waals surface area contributed by atoms with Crippen LogP contribution in [0.5, 0.6) is 5.75 Å². The summed E-state index contributed by atoms with van der Waals surface area (Å²) in [5.74, 6) is 0.421. The van der Waals surface area contributed by atoms with Gasteiger partial charge in [0.25, 0.3) is 0 Å². The Hall–Kier alpha value is -1.62. The van der Waals surface area contributed by atoms with Crippen molar-refractivity contribution in [3.8, 4) is 5.75 Å². The molecular weight excluding hydrogens is 283 g/mol. The van der Waals surface area contributed by atoms with Crippen LogP contribution in [0.1, 0.15) is 32.6 Å². The molecule has 0 saturated carbocycles. The van der Waals surface area contributed by atoms with Gasteiger partial charge in [-0.05, 0) is 62.0 Å². The molecule has 2 N–H and O–H groups in total. The Kier molecular flexibility index (Phi) is 6.19. The monoisotopic (exact) mass is 308 g/mol. The van der Waals surface area contributed by atoms with Crippen molar-refractivity contribution in [3.05, 3.63) is 30.1 Å². The predicted octanol–water partition coefficient (Wildman–Crippen LogP) is 2.49. The highest BCUT2D eigenvalue weighted by Gasteiger charge is 2.26. The Morgan fingerprint density at radius 3 is 2.68 bits per heavy atom. The van der Waals surface area contributed by atoms with Gasteiger partial charge >= 0.3 is 0 Å². The Balaban J connectivity index is 1.58. The van der Waals surface area contributed by atoms with Crippen LogP contribution in [-0.2, 0) is 4.79 Å². The van der Waals surface area contributed by atoms with Crippen LogP contribution in [0.3, 0.4) is 0 Å². The zero-order valence-corrected chi connectivity index (χ0v) is 13.2. The van der Waals surface area contributed by atoms with Crippen LogP contribution < -0.4 is 15.4 Å². The van der Waals surface area contributed by atoms with E-state index in [2.05, 4.69) is 17.6 Å². The van der Waals surface area contributed by atoms with Crippen LogP contribution in [0.2, 0.25) is 0 Å². The molecule has 5 heteroatoms. The highest BCUT2D eigenvalue weighted by Crippen LogP contribution is 2.26. The lowest BCUT2D eigenvalue weighted by atomic mass is 9.81. The molecule has 1 amide bonds. The maximum absolute atomic E-state index is 12.7. The maximum Gasteiger partial charge on any atom is 0.220 e. The minimum Gasteiger partial charge on any atom is -0.494 e. The Bertz CT molecular complexity index is 470. The summed E-state index contributed by atoms with van der Waals surface area (Å²) < 4.78 is 18.2. The molecule has 1 aromatic rings. The van der Waals surface area contributed by atoms with E-state index in [1.165, 1.54) is 12.1 Å². The fourth-order valence-electron chi connectivity index (χ4n) is 2.56. The molecule has 22 heavy (non-hydrogen) atoms. The number of nitrogens with one attached hydrogen (secondary N) is 2. The largest absolute Gasteiger partial charge is 0.494 e. The molecule has 1 aliphatic rings. The second kappa shape index (κ2) is 8.13. The first-order chi connectivity index (χ1) is 10.6. The van der Waals surface area contributed by atoms with Crippen molar-refractivity contribution in [2.45, 2.75) is 32.6 Å². The summed E-state index contributed by atoms with van der Waals surface area (Å²) in [7, 11) is 0. The number of carbonyl (C=O) groups excluding carboxylic acids is 1. The van der Waals surface area contributed by atoms with Gasteiger partial charge in [0.15, 0.2) is 0 Å². The van der Waals surface area contributed by atoms with E-state index < -0.39 is 0 Å². The lowest BCUT2D eigenvalue weighted by molar-refractivity contribution is -0.121. The zero-order chi connectivity index (χ0) is 15.8. The number of rotatable bonds is 7. The molecule has 1 saturated heterocycles. The van der Waals surface area contributed by atoms with Crippen LogP contribution in [0.15, 0.2) is 24.3 Å². The minimum absolute atomic E-state index is 0.0717. The summed E-state index contributed by atoms with van der Waals surface area (Å²) in [5, 5.41) is 6.36. The number of halogens is 1. The van der Waals surface area contributed by atoms with E-state index in [0.717, 1.165) is 32.5 Å². The number of amides is 1. The average molecular weight is 308 g/mol. The third-order valence-electron chi connectivity index (χ3n) is 4.15. The number of hydrogen-bond donors (Lipinski definition) is 2. The number of ether oxygens (including phenoxy) is 1. The summed E-state index contributed by atoms with van der Waals surface area (Å²) in [4.78, 5) is 11.9. The molecule has 0 aliphatic carbocycles. The first-order valence-corrected chi connectivity index (χ1v) is 7.93. The lowest BCUT2D eigenvalue weighted by Crippen LogP contribution is -2.42. The SMILES string of the molecule is CC1(CNC(=O)CCCOc2ccc(F)cc2)CCNCC1. The van der Waals surface area contributed by atoms with Gasteiger partial charge in [0.2, 0.25) is 5.91 Å². The summed E-state index contributed by atoms with van der Waals surface area (Å²) >= 11 is 0. The topological polar surface area (TPSA) is 50.4 Å². The summed E-state index contributed by atoms with van der Waals surface area (Å²) in [5.41, 5.74) is 0.214. The van der Waals surface area contributed by atoms with Crippen molar-refractivity contribution in [2.75, 3.05) is 26.2 Å². The van der Waals surface area contributed by atoms with Crippen molar-refractivity contribution < 1.29 is 13.9 Å². The summed E-state index contributed by atoms with van der Waals surface area (Å²) in [6.45, 7) is 5.48. The summed E-state index contributed by atoms with van der Waals surface area (Å²) in [6, 6.07) is 5.91. The van der Waals surface area contributed by atoms with Crippen LogP contribution >= 0.6 is 0 Å². The third kappa shape index (κ3) is 5.64. The lowest BCUT2D eigenvalue weighted by Gasteiger charge is -2.34. The van der Waals surface area contributed by atoms with Crippen LogP contribution in [0.4, 0.5) is 4.39 Å². The molecule has 2 rings (SSSR count). The van der Waals surface area contributed by atoms with Crippen LogP contribution in [0.25, 0.3) is 0 Å². The van der Waals surface area contributed by atoms with E-state index in [9.17, 15) is 9.18 Å². The fraction of sp³-hybridized carbons (Fsp3) is 0.588. The second-order valence-electron chi connectivity index (χ2n) is 6.24. The van der Waals surface area contributed by atoms with E-state index in [0.29, 0.717) is 25.2 Å². The van der Waals surface area contributed by atoms with Crippen LogP contribution in [0, 0.1) is 11.2 Å². The molecule has 0 radical (unpaired) electrons. The average Bonchev–Trinajstić information content (AvgIpc) is 2.52. The van der Waals surface area contributed by atoms with Gasteiger partial charge in [-0.3, -0.25) is 4.79 Å². The molecule has 4 nitrogen and oxygen atoms in total.